The SMILES string of the molecule is COc1ccc(CC(=O)c2ccc(OCCN3CCCC3)cc2)cc1. The smallest absolute Gasteiger partial charge is 0.167 e. The van der Waals surface area contributed by atoms with Gasteiger partial charge in [-0.15, -0.1) is 0 Å². The standard InChI is InChI=1S/C21H25NO3/c1-24-19-8-4-17(5-9-19)16-21(23)18-6-10-20(11-7-18)25-15-14-22-12-2-3-13-22/h4-11H,2-3,12-16H2,1H3. The topological polar surface area (TPSA) is 38.8 Å². The predicted molar refractivity (Wildman–Crippen MR) is 98.6 cm³/mol. The summed E-state index contributed by atoms with van der Waals surface area (Å²) in [7, 11) is 1.63. The van der Waals surface area contributed by atoms with Gasteiger partial charge in [-0.25, -0.2) is 0 Å². The fraction of sp³-hybridized carbons (Fsp3) is 0.381. The second kappa shape index (κ2) is 8.67. The molecule has 25 heavy (non-hydrogen) atoms. The summed E-state index contributed by atoms with van der Waals surface area (Å²) in [6.45, 7) is 4.03. The van der Waals surface area contributed by atoms with Crippen LogP contribution in [-0.4, -0.2) is 44.0 Å². The van der Waals surface area contributed by atoms with Crippen molar-refractivity contribution in [2.75, 3.05) is 33.4 Å². The van der Waals surface area contributed by atoms with Gasteiger partial charge in [0.25, 0.3) is 0 Å². The second-order valence-corrected chi connectivity index (χ2v) is 6.37. The highest BCUT2D eigenvalue weighted by Crippen LogP contribution is 2.16. The van der Waals surface area contributed by atoms with E-state index in [-0.39, 0.29) is 5.78 Å². The van der Waals surface area contributed by atoms with Gasteiger partial charge in [0.15, 0.2) is 5.78 Å². The fourth-order valence-electron chi connectivity index (χ4n) is 3.07. The number of hydrogen-bond acceptors (Lipinski definition) is 4. The Morgan fingerprint density at radius 2 is 1.60 bits per heavy atom. The van der Waals surface area contributed by atoms with Crippen molar-refractivity contribution in [1.29, 1.82) is 0 Å². The summed E-state index contributed by atoms with van der Waals surface area (Å²) < 4.78 is 10.9. The molecule has 2 aromatic carbocycles. The van der Waals surface area contributed by atoms with E-state index in [1.165, 1.54) is 25.9 Å². The third kappa shape index (κ3) is 5.07. The summed E-state index contributed by atoms with van der Waals surface area (Å²) in [5, 5.41) is 0. The zero-order valence-electron chi connectivity index (χ0n) is 14.7. The summed E-state index contributed by atoms with van der Waals surface area (Å²) >= 11 is 0. The highest BCUT2D eigenvalue weighted by atomic mass is 16.5. The van der Waals surface area contributed by atoms with E-state index in [2.05, 4.69) is 4.90 Å². The van der Waals surface area contributed by atoms with Crippen LogP contribution in [0.15, 0.2) is 48.5 Å². The molecule has 0 unspecified atom stereocenters. The van der Waals surface area contributed by atoms with Gasteiger partial charge in [-0.05, 0) is 67.9 Å². The molecule has 0 bridgehead atoms. The van der Waals surface area contributed by atoms with Crippen LogP contribution in [-0.2, 0) is 6.42 Å². The molecule has 132 valence electrons. The normalized spacial score (nSPS) is 14.4. The maximum Gasteiger partial charge on any atom is 0.167 e. The van der Waals surface area contributed by atoms with Crippen LogP contribution < -0.4 is 9.47 Å². The molecule has 3 rings (SSSR count). The van der Waals surface area contributed by atoms with Crippen LogP contribution in [0.5, 0.6) is 11.5 Å². The molecule has 4 nitrogen and oxygen atoms in total. The van der Waals surface area contributed by atoms with Crippen LogP contribution in [0.1, 0.15) is 28.8 Å². The van der Waals surface area contributed by atoms with Crippen molar-refractivity contribution >= 4 is 5.78 Å². The Bertz CT molecular complexity index is 673. The van der Waals surface area contributed by atoms with Gasteiger partial charge in [0.1, 0.15) is 18.1 Å². The molecule has 0 aliphatic carbocycles. The van der Waals surface area contributed by atoms with E-state index >= 15 is 0 Å². The molecule has 0 N–H and O–H groups in total. The van der Waals surface area contributed by atoms with Gasteiger partial charge in [-0.1, -0.05) is 12.1 Å². The molecule has 2 aromatic rings. The van der Waals surface area contributed by atoms with Gasteiger partial charge >= 0.3 is 0 Å². The van der Waals surface area contributed by atoms with E-state index < -0.39 is 0 Å². The molecule has 1 heterocycles. The lowest BCUT2D eigenvalue weighted by atomic mass is 10.0. The van der Waals surface area contributed by atoms with Crippen LogP contribution in [0.2, 0.25) is 0 Å². The Labute approximate surface area is 149 Å². The first-order chi connectivity index (χ1) is 12.2. The number of carbonyl (C=O) groups excluding carboxylic acids is 1. The van der Waals surface area contributed by atoms with Crippen LogP contribution >= 0.6 is 0 Å². The molecule has 1 aliphatic heterocycles. The Balaban J connectivity index is 1.49. The molecule has 1 saturated heterocycles. The number of ketones is 1. The van der Waals surface area contributed by atoms with Crippen molar-refractivity contribution in [3.63, 3.8) is 0 Å². The first-order valence-electron chi connectivity index (χ1n) is 8.86. The van der Waals surface area contributed by atoms with Gasteiger partial charge in [0.05, 0.1) is 7.11 Å². The first kappa shape index (κ1) is 17.5. The van der Waals surface area contributed by atoms with Crippen LogP contribution in [0.25, 0.3) is 0 Å². The molecule has 0 atom stereocenters. The lowest BCUT2D eigenvalue weighted by Crippen LogP contribution is -2.25. The lowest BCUT2D eigenvalue weighted by Gasteiger charge is -2.15. The molecule has 4 heteroatoms. The number of ether oxygens (including phenoxy) is 2. The van der Waals surface area contributed by atoms with E-state index in [1.807, 2.05) is 48.5 Å². The first-order valence-corrected chi connectivity index (χ1v) is 8.86. The summed E-state index contributed by atoms with van der Waals surface area (Å²) in [5.41, 5.74) is 1.69. The Morgan fingerprint density at radius 3 is 2.24 bits per heavy atom. The summed E-state index contributed by atoms with van der Waals surface area (Å²) in [4.78, 5) is 14.8. The Kier molecular flexibility index (Phi) is 6.07. The van der Waals surface area contributed by atoms with Gasteiger partial charge in [-0.2, -0.15) is 0 Å². The number of rotatable bonds is 8. The highest BCUT2D eigenvalue weighted by Gasteiger charge is 2.11. The molecular weight excluding hydrogens is 314 g/mol. The van der Waals surface area contributed by atoms with E-state index in [4.69, 9.17) is 9.47 Å². The molecule has 1 aliphatic rings. The zero-order chi connectivity index (χ0) is 17.5. The van der Waals surface area contributed by atoms with Crippen LogP contribution in [0.4, 0.5) is 0 Å². The highest BCUT2D eigenvalue weighted by molar-refractivity contribution is 5.97. The zero-order valence-corrected chi connectivity index (χ0v) is 14.7. The summed E-state index contributed by atoms with van der Waals surface area (Å²) in [6.07, 6.45) is 2.98. The lowest BCUT2D eigenvalue weighted by molar-refractivity contribution is 0.0993. The van der Waals surface area contributed by atoms with Crippen molar-refractivity contribution in [1.82, 2.24) is 4.90 Å². The van der Waals surface area contributed by atoms with Crippen LogP contribution in [0, 0.1) is 0 Å². The summed E-state index contributed by atoms with van der Waals surface area (Å²) in [5.74, 6) is 1.72. The average Bonchev–Trinajstić information content (AvgIpc) is 3.16. The van der Waals surface area contributed by atoms with E-state index in [1.54, 1.807) is 7.11 Å². The third-order valence-electron chi connectivity index (χ3n) is 4.57. The van der Waals surface area contributed by atoms with Gasteiger partial charge < -0.3 is 9.47 Å². The molecule has 0 radical (unpaired) electrons. The number of benzene rings is 2. The summed E-state index contributed by atoms with van der Waals surface area (Å²) in [6, 6.07) is 15.0. The van der Waals surface area contributed by atoms with E-state index in [9.17, 15) is 4.79 Å². The van der Waals surface area contributed by atoms with Gasteiger partial charge in [0, 0.05) is 18.5 Å². The van der Waals surface area contributed by atoms with Crippen LogP contribution in [0.3, 0.4) is 0 Å². The fourth-order valence-corrected chi connectivity index (χ4v) is 3.07. The van der Waals surface area contributed by atoms with Crippen molar-refractivity contribution < 1.29 is 14.3 Å². The van der Waals surface area contributed by atoms with E-state index in [0.717, 1.165) is 23.6 Å². The maximum absolute atomic E-state index is 12.4. The predicted octanol–water partition coefficient (Wildman–Crippen LogP) is 3.60. The average molecular weight is 339 g/mol. The second-order valence-electron chi connectivity index (χ2n) is 6.37. The molecule has 0 saturated carbocycles. The Morgan fingerprint density at radius 1 is 0.960 bits per heavy atom. The molecule has 0 spiro atoms. The van der Waals surface area contributed by atoms with Crippen molar-refractivity contribution in [3.05, 3.63) is 59.7 Å². The third-order valence-corrected chi connectivity index (χ3v) is 4.57. The monoisotopic (exact) mass is 339 g/mol. The molecule has 1 fully saturated rings. The minimum Gasteiger partial charge on any atom is -0.497 e. The Hall–Kier alpha value is -2.33. The van der Waals surface area contributed by atoms with E-state index in [0.29, 0.717) is 18.6 Å². The number of hydrogen-bond donors (Lipinski definition) is 0. The van der Waals surface area contributed by atoms with Crippen molar-refractivity contribution in [2.45, 2.75) is 19.3 Å². The minimum absolute atomic E-state index is 0.105. The number of nitrogens with zero attached hydrogens (tertiary/aromatic N) is 1. The maximum atomic E-state index is 12.4. The molecular formula is C21H25NO3. The molecule has 0 aromatic heterocycles. The van der Waals surface area contributed by atoms with Gasteiger partial charge in [-0.3, -0.25) is 9.69 Å². The van der Waals surface area contributed by atoms with Gasteiger partial charge in [0.2, 0.25) is 0 Å². The largest absolute Gasteiger partial charge is 0.497 e. The minimum atomic E-state index is 0.105. The van der Waals surface area contributed by atoms with Crippen molar-refractivity contribution in [3.8, 4) is 11.5 Å². The quantitative estimate of drug-likeness (QED) is 0.689. The number of Topliss-reactive ketones (excluding diaryl/α,β-unsaturated/α-hetero) is 1. The van der Waals surface area contributed by atoms with Crippen molar-refractivity contribution in [2.24, 2.45) is 0 Å². The number of carbonyl (C=O) groups is 1. The molecule has 0 amide bonds. The number of likely N-dealkylation sites (tertiary alicyclic amines) is 1. The number of methoxy groups -OCH3 is 1.